The number of hydrogen-bond donors (Lipinski definition) is 0. The molecular weight excluding hydrogens is 449 g/mol. The van der Waals surface area contributed by atoms with Gasteiger partial charge in [0.25, 0.3) is 5.69 Å². The Morgan fingerprint density at radius 3 is 2.18 bits per heavy atom. The number of likely N-dealkylation sites (tertiary alicyclic amines) is 1. The summed E-state index contributed by atoms with van der Waals surface area (Å²) in [6, 6.07) is 10.1. The number of nitro groups is 1. The summed E-state index contributed by atoms with van der Waals surface area (Å²) >= 11 is 0. The number of carbonyl (C=O) groups is 2. The van der Waals surface area contributed by atoms with Crippen LogP contribution in [0.2, 0.25) is 0 Å². The zero-order chi connectivity index (χ0) is 24.2. The Labute approximate surface area is 185 Å². The normalized spacial score (nSPS) is 18.4. The van der Waals surface area contributed by atoms with E-state index in [2.05, 4.69) is 4.74 Å². The number of esters is 1. The fourth-order valence-corrected chi connectivity index (χ4v) is 3.57. The number of amides is 1. The van der Waals surface area contributed by atoms with E-state index in [4.69, 9.17) is 9.47 Å². The maximum absolute atomic E-state index is 12.7. The molecule has 2 atom stereocenters. The van der Waals surface area contributed by atoms with Crippen molar-refractivity contribution in [3.63, 3.8) is 0 Å². The topological polar surface area (TPSA) is 108 Å². The molecule has 1 heterocycles. The van der Waals surface area contributed by atoms with E-state index >= 15 is 0 Å². The predicted molar refractivity (Wildman–Crippen MR) is 107 cm³/mol. The Morgan fingerprint density at radius 2 is 1.64 bits per heavy atom. The summed E-state index contributed by atoms with van der Waals surface area (Å²) in [5, 5.41) is 10.8. The average Bonchev–Trinajstić information content (AvgIpc) is 2.78. The number of carbonyl (C=O) groups excluding carboxylic acids is 2. The molecule has 0 saturated carbocycles. The fraction of sp³-hybridized carbons (Fsp3) is 0.333. The maximum atomic E-state index is 12.7. The van der Waals surface area contributed by atoms with Crippen molar-refractivity contribution in [1.29, 1.82) is 0 Å². The number of non-ortho nitro benzene ring substituents is 1. The maximum Gasteiger partial charge on any atom is 0.573 e. The second-order valence-electron chi connectivity index (χ2n) is 7.29. The summed E-state index contributed by atoms with van der Waals surface area (Å²) in [6.07, 6.45) is -5.28. The lowest BCUT2D eigenvalue weighted by atomic mass is 9.84. The number of benzene rings is 2. The van der Waals surface area contributed by atoms with E-state index in [9.17, 15) is 32.9 Å². The molecular formula is C21H19F3N2O7. The van der Waals surface area contributed by atoms with Crippen molar-refractivity contribution < 1.29 is 41.9 Å². The van der Waals surface area contributed by atoms with Crippen LogP contribution in [0.5, 0.6) is 11.5 Å². The van der Waals surface area contributed by atoms with Crippen molar-refractivity contribution in [2.45, 2.75) is 18.7 Å². The summed E-state index contributed by atoms with van der Waals surface area (Å²) in [6.45, 7) is 0.156. The van der Waals surface area contributed by atoms with Gasteiger partial charge in [0, 0.05) is 31.1 Å². The number of piperidine rings is 1. The van der Waals surface area contributed by atoms with Gasteiger partial charge in [-0.25, -0.2) is 4.79 Å². The van der Waals surface area contributed by atoms with Gasteiger partial charge in [-0.2, -0.15) is 0 Å². The van der Waals surface area contributed by atoms with Crippen molar-refractivity contribution >= 4 is 17.7 Å². The largest absolute Gasteiger partial charge is 0.573 e. The van der Waals surface area contributed by atoms with Crippen LogP contribution in [-0.4, -0.2) is 48.4 Å². The molecule has 1 aliphatic rings. The monoisotopic (exact) mass is 468 g/mol. The lowest BCUT2D eigenvalue weighted by Gasteiger charge is -2.36. The number of ether oxygens (including phenoxy) is 3. The second-order valence-corrected chi connectivity index (χ2v) is 7.29. The van der Waals surface area contributed by atoms with Gasteiger partial charge in [-0.1, -0.05) is 12.1 Å². The van der Waals surface area contributed by atoms with E-state index in [1.54, 1.807) is 0 Å². The van der Waals surface area contributed by atoms with Crippen LogP contribution in [0.1, 0.15) is 17.9 Å². The lowest BCUT2D eigenvalue weighted by molar-refractivity contribution is -0.384. The molecule has 2 unspecified atom stereocenters. The SMILES string of the molecule is COC(=O)C1CC(c2ccc(OC(F)(F)F)cc2)CN(C(=O)Oc2ccc([N+](=O)[O-])cc2)C1. The highest BCUT2D eigenvalue weighted by atomic mass is 19.4. The third-order valence-electron chi connectivity index (χ3n) is 5.08. The van der Waals surface area contributed by atoms with E-state index in [0.29, 0.717) is 12.0 Å². The van der Waals surface area contributed by atoms with Crippen LogP contribution >= 0.6 is 0 Å². The summed E-state index contributed by atoms with van der Waals surface area (Å²) in [5.74, 6) is -1.90. The standard InChI is InChI=1S/C21H19F3N2O7/c1-31-19(27)15-10-14(13-2-6-18(7-3-13)33-21(22,23)24)11-25(12-15)20(28)32-17-8-4-16(5-9-17)26(29)30/h2-9,14-15H,10-12H2,1H3. The van der Waals surface area contributed by atoms with Crippen molar-refractivity contribution in [1.82, 2.24) is 4.90 Å². The summed E-state index contributed by atoms with van der Waals surface area (Å²) in [7, 11) is 1.22. The highest BCUT2D eigenvalue weighted by Gasteiger charge is 2.36. The van der Waals surface area contributed by atoms with Crippen molar-refractivity contribution in [2.75, 3.05) is 20.2 Å². The van der Waals surface area contributed by atoms with Gasteiger partial charge in [0.15, 0.2) is 0 Å². The average molecular weight is 468 g/mol. The zero-order valence-electron chi connectivity index (χ0n) is 17.3. The quantitative estimate of drug-likeness (QED) is 0.366. The first-order chi connectivity index (χ1) is 15.6. The Balaban J connectivity index is 1.75. The molecule has 0 aromatic heterocycles. The molecule has 1 saturated heterocycles. The number of nitrogens with zero attached hydrogens (tertiary/aromatic N) is 2. The van der Waals surface area contributed by atoms with E-state index in [-0.39, 0.29) is 36.2 Å². The zero-order valence-corrected chi connectivity index (χ0v) is 17.3. The molecule has 1 fully saturated rings. The molecule has 0 radical (unpaired) electrons. The van der Waals surface area contributed by atoms with Gasteiger partial charge in [-0.15, -0.1) is 13.2 Å². The first-order valence-electron chi connectivity index (χ1n) is 9.70. The lowest BCUT2D eigenvalue weighted by Crippen LogP contribution is -2.46. The highest BCUT2D eigenvalue weighted by molar-refractivity contribution is 5.76. The number of hydrogen-bond acceptors (Lipinski definition) is 7. The highest BCUT2D eigenvalue weighted by Crippen LogP contribution is 2.33. The first kappa shape index (κ1) is 23.8. The third-order valence-corrected chi connectivity index (χ3v) is 5.08. The molecule has 0 spiro atoms. The summed E-state index contributed by atoms with van der Waals surface area (Å²) in [5.41, 5.74) is 0.433. The second kappa shape index (κ2) is 9.76. The van der Waals surface area contributed by atoms with Gasteiger partial charge in [-0.05, 0) is 36.2 Å². The number of rotatable bonds is 5. The number of nitro benzene ring substituents is 1. The van der Waals surface area contributed by atoms with Gasteiger partial charge in [0.1, 0.15) is 11.5 Å². The van der Waals surface area contributed by atoms with Crippen LogP contribution in [0.3, 0.4) is 0 Å². The molecule has 33 heavy (non-hydrogen) atoms. The Morgan fingerprint density at radius 1 is 1.03 bits per heavy atom. The Kier molecular flexibility index (Phi) is 7.04. The molecule has 0 bridgehead atoms. The molecule has 0 aliphatic carbocycles. The van der Waals surface area contributed by atoms with Crippen LogP contribution in [0.4, 0.5) is 23.7 Å². The molecule has 1 aliphatic heterocycles. The fourth-order valence-electron chi connectivity index (χ4n) is 3.57. The predicted octanol–water partition coefficient (Wildman–Crippen LogP) is 4.27. The molecule has 2 aromatic carbocycles. The Bertz CT molecular complexity index is 1010. The molecule has 176 valence electrons. The van der Waals surface area contributed by atoms with E-state index in [0.717, 1.165) is 12.1 Å². The van der Waals surface area contributed by atoms with Crippen molar-refractivity contribution in [2.24, 2.45) is 5.92 Å². The van der Waals surface area contributed by atoms with Gasteiger partial charge >= 0.3 is 18.4 Å². The van der Waals surface area contributed by atoms with E-state index < -0.39 is 29.3 Å². The minimum atomic E-state index is -4.82. The van der Waals surface area contributed by atoms with Crippen LogP contribution in [0.25, 0.3) is 0 Å². The number of halogens is 3. The molecule has 3 rings (SSSR count). The summed E-state index contributed by atoms with van der Waals surface area (Å²) in [4.78, 5) is 36.3. The molecule has 2 aromatic rings. The first-order valence-corrected chi connectivity index (χ1v) is 9.70. The van der Waals surface area contributed by atoms with Crippen molar-refractivity contribution in [3.8, 4) is 11.5 Å². The minimum absolute atomic E-state index is 0.0181. The van der Waals surface area contributed by atoms with Gasteiger partial charge in [0.2, 0.25) is 0 Å². The molecule has 12 heteroatoms. The smallest absolute Gasteiger partial charge is 0.469 e. The number of alkyl halides is 3. The van der Waals surface area contributed by atoms with Crippen LogP contribution in [0.15, 0.2) is 48.5 Å². The van der Waals surface area contributed by atoms with E-state index in [1.807, 2.05) is 0 Å². The van der Waals surface area contributed by atoms with Crippen LogP contribution in [-0.2, 0) is 9.53 Å². The van der Waals surface area contributed by atoms with Crippen molar-refractivity contribution in [3.05, 3.63) is 64.2 Å². The van der Waals surface area contributed by atoms with Crippen LogP contribution < -0.4 is 9.47 Å². The van der Waals surface area contributed by atoms with Gasteiger partial charge < -0.3 is 19.1 Å². The Hall–Kier alpha value is -3.83. The van der Waals surface area contributed by atoms with Crippen LogP contribution in [0, 0.1) is 16.0 Å². The molecule has 0 N–H and O–H groups in total. The van der Waals surface area contributed by atoms with Gasteiger partial charge in [-0.3, -0.25) is 14.9 Å². The molecule has 9 nitrogen and oxygen atoms in total. The van der Waals surface area contributed by atoms with E-state index in [1.165, 1.54) is 48.4 Å². The van der Waals surface area contributed by atoms with Gasteiger partial charge in [0.05, 0.1) is 18.0 Å². The minimum Gasteiger partial charge on any atom is -0.469 e. The number of methoxy groups -OCH3 is 1. The molecule has 1 amide bonds. The third kappa shape index (κ3) is 6.34. The summed E-state index contributed by atoms with van der Waals surface area (Å²) < 4.78 is 51.1.